The molecule has 0 radical (unpaired) electrons. The first kappa shape index (κ1) is 24.3. The zero-order valence-corrected chi connectivity index (χ0v) is 17.4. The molecule has 10 heteroatoms. The van der Waals surface area contributed by atoms with E-state index in [1.807, 2.05) is 0 Å². The molecular weight excluding hydrogens is 426 g/mol. The maximum atomic E-state index is 12.5. The van der Waals surface area contributed by atoms with Crippen molar-refractivity contribution in [2.75, 3.05) is 25.6 Å². The molecule has 0 aliphatic rings. The molecule has 0 fully saturated rings. The normalized spacial score (nSPS) is 10.7. The Kier molecular flexibility index (Phi) is 9.15. The largest absolute Gasteiger partial charge is 0.490 e. The molecule has 170 valence electrons. The summed E-state index contributed by atoms with van der Waals surface area (Å²) in [7, 11) is 1.22. The maximum absolute atomic E-state index is 12.5. The van der Waals surface area contributed by atoms with Gasteiger partial charge in [0.05, 0.1) is 13.7 Å². The van der Waals surface area contributed by atoms with Gasteiger partial charge in [-0.25, -0.2) is 0 Å². The van der Waals surface area contributed by atoms with E-state index in [-0.39, 0.29) is 24.7 Å². The molecular formula is C22H22F2N2O6. The molecule has 0 bridgehead atoms. The fraction of sp³-hybridized carbons (Fsp3) is 0.227. The molecule has 8 nitrogen and oxygen atoms in total. The summed E-state index contributed by atoms with van der Waals surface area (Å²) in [6, 6.07) is 10.4. The molecule has 2 N–H and O–H groups in total. The smallest absolute Gasteiger partial charge is 0.387 e. The fourth-order valence-corrected chi connectivity index (χ4v) is 2.48. The number of esters is 1. The van der Waals surface area contributed by atoms with Crippen LogP contribution in [-0.4, -0.2) is 44.7 Å². The number of rotatable bonds is 10. The molecule has 0 saturated carbocycles. The van der Waals surface area contributed by atoms with Crippen LogP contribution >= 0.6 is 0 Å². The van der Waals surface area contributed by atoms with Gasteiger partial charge in [0.2, 0.25) is 5.91 Å². The highest BCUT2D eigenvalue weighted by Gasteiger charge is 2.11. The number of amides is 2. The topological polar surface area (TPSA) is 103 Å². The number of carbonyl (C=O) groups excluding carboxylic acids is 3. The van der Waals surface area contributed by atoms with E-state index in [4.69, 9.17) is 4.74 Å². The van der Waals surface area contributed by atoms with Crippen molar-refractivity contribution in [1.29, 1.82) is 0 Å². The first-order chi connectivity index (χ1) is 15.3. The lowest BCUT2D eigenvalue weighted by atomic mass is 10.1. The number of nitrogens with one attached hydrogen (secondary N) is 2. The highest BCUT2D eigenvalue weighted by atomic mass is 19.3. The van der Waals surface area contributed by atoms with Crippen molar-refractivity contribution in [2.45, 2.75) is 13.5 Å². The van der Waals surface area contributed by atoms with Crippen molar-refractivity contribution in [3.8, 4) is 11.5 Å². The molecule has 2 aromatic carbocycles. The first-order valence-corrected chi connectivity index (χ1v) is 9.48. The zero-order chi connectivity index (χ0) is 23.5. The Hall–Kier alpha value is -3.95. The summed E-state index contributed by atoms with van der Waals surface area (Å²) < 4.78 is 39.1. The van der Waals surface area contributed by atoms with E-state index < -0.39 is 24.4 Å². The zero-order valence-electron chi connectivity index (χ0n) is 17.4. The van der Waals surface area contributed by atoms with Gasteiger partial charge in [-0.1, -0.05) is 6.07 Å². The number of benzene rings is 2. The van der Waals surface area contributed by atoms with Crippen LogP contribution in [0.3, 0.4) is 0 Å². The Morgan fingerprint density at radius 2 is 1.78 bits per heavy atom. The van der Waals surface area contributed by atoms with E-state index in [1.165, 1.54) is 61.7 Å². The van der Waals surface area contributed by atoms with Crippen molar-refractivity contribution in [3.63, 3.8) is 0 Å². The summed E-state index contributed by atoms with van der Waals surface area (Å²) in [6.45, 7) is -1.27. The van der Waals surface area contributed by atoms with Crippen LogP contribution < -0.4 is 20.1 Å². The van der Waals surface area contributed by atoms with Gasteiger partial charge in [0, 0.05) is 17.3 Å². The monoisotopic (exact) mass is 448 g/mol. The van der Waals surface area contributed by atoms with E-state index in [9.17, 15) is 23.2 Å². The highest BCUT2D eigenvalue weighted by molar-refractivity contribution is 6.02. The summed E-state index contributed by atoms with van der Waals surface area (Å²) in [4.78, 5) is 35.2. The third-order valence-electron chi connectivity index (χ3n) is 3.95. The van der Waals surface area contributed by atoms with Crippen molar-refractivity contribution in [3.05, 3.63) is 59.7 Å². The summed E-state index contributed by atoms with van der Waals surface area (Å²) in [6.07, 6.45) is 2.74. The third-order valence-corrected chi connectivity index (χ3v) is 3.95. The summed E-state index contributed by atoms with van der Waals surface area (Å²) in [5.41, 5.74) is 1.29. The second-order valence-corrected chi connectivity index (χ2v) is 6.18. The number of hydrogen-bond donors (Lipinski definition) is 2. The van der Waals surface area contributed by atoms with Gasteiger partial charge in [0.25, 0.3) is 5.91 Å². The first-order valence-electron chi connectivity index (χ1n) is 9.48. The van der Waals surface area contributed by atoms with Crippen molar-refractivity contribution >= 4 is 29.5 Å². The number of methoxy groups -OCH3 is 1. The molecule has 2 rings (SSSR count). The SMILES string of the molecule is CCOc1cc(/C=C/C(=O)Nc2ccc(C(=O)NCC(=O)OC)cc2)ccc1OC(F)F. The minimum atomic E-state index is -2.98. The van der Waals surface area contributed by atoms with Crippen LogP contribution in [0.2, 0.25) is 0 Å². The lowest BCUT2D eigenvalue weighted by Crippen LogP contribution is -2.30. The Labute approximate surface area is 183 Å². The van der Waals surface area contributed by atoms with Crippen molar-refractivity contribution in [2.24, 2.45) is 0 Å². The summed E-state index contributed by atoms with van der Waals surface area (Å²) in [5.74, 6) is -1.44. The van der Waals surface area contributed by atoms with Gasteiger partial charge < -0.3 is 24.8 Å². The van der Waals surface area contributed by atoms with Crippen LogP contribution in [0.15, 0.2) is 48.5 Å². The second-order valence-electron chi connectivity index (χ2n) is 6.18. The van der Waals surface area contributed by atoms with Gasteiger partial charge in [-0.3, -0.25) is 14.4 Å². The average molecular weight is 448 g/mol. The summed E-state index contributed by atoms with van der Waals surface area (Å²) in [5, 5.41) is 5.03. The number of anilines is 1. The van der Waals surface area contributed by atoms with E-state index in [2.05, 4.69) is 20.1 Å². The molecule has 0 aliphatic carbocycles. The number of ether oxygens (including phenoxy) is 3. The molecule has 2 amide bonds. The molecule has 0 unspecified atom stereocenters. The van der Waals surface area contributed by atoms with E-state index >= 15 is 0 Å². The Balaban J connectivity index is 1.97. The minimum Gasteiger partial charge on any atom is -0.490 e. The van der Waals surface area contributed by atoms with Crippen LogP contribution in [-0.2, 0) is 14.3 Å². The summed E-state index contributed by atoms with van der Waals surface area (Å²) >= 11 is 0. The Bertz CT molecular complexity index is 977. The van der Waals surface area contributed by atoms with Gasteiger partial charge in [0.15, 0.2) is 11.5 Å². The average Bonchev–Trinajstić information content (AvgIpc) is 2.77. The van der Waals surface area contributed by atoms with Crippen molar-refractivity contribution in [1.82, 2.24) is 5.32 Å². The van der Waals surface area contributed by atoms with E-state index in [0.717, 1.165) is 0 Å². The molecule has 0 saturated heterocycles. The fourth-order valence-electron chi connectivity index (χ4n) is 2.48. The molecule has 0 aliphatic heterocycles. The third kappa shape index (κ3) is 7.71. The van der Waals surface area contributed by atoms with Crippen molar-refractivity contribution < 1.29 is 37.4 Å². The van der Waals surface area contributed by atoms with Gasteiger partial charge in [-0.15, -0.1) is 0 Å². The van der Waals surface area contributed by atoms with Crippen LogP contribution in [0.1, 0.15) is 22.8 Å². The van der Waals surface area contributed by atoms with E-state index in [0.29, 0.717) is 16.8 Å². The van der Waals surface area contributed by atoms with Crippen LogP contribution in [0.4, 0.5) is 14.5 Å². The predicted octanol–water partition coefficient (Wildman–Crippen LogP) is 3.24. The van der Waals surface area contributed by atoms with Crippen LogP contribution in [0.25, 0.3) is 6.08 Å². The molecule has 0 heterocycles. The van der Waals surface area contributed by atoms with Gasteiger partial charge >= 0.3 is 12.6 Å². The van der Waals surface area contributed by atoms with Gasteiger partial charge in [-0.2, -0.15) is 8.78 Å². The van der Waals surface area contributed by atoms with E-state index in [1.54, 1.807) is 6.92 Å². The molecule has 0 spiro atoms. The molecule has 0 atom stereocenters. The van der Waals surface area contributed by atoms with Gasteiger partial charge in [0.1, 0.15) is 6.54 Å². The lowest BCUT2D eigenvalue weighted by Gasteiger charge is -2.11. The van der Waals surface area contributed by atoms with Crippen LogP contribution in [0.5, 0.6) is 11.5 Å². The quantitative estimate of drug-likeness (QED) is 0.427. The standard InChI is InChI=1S/C22H22F2N2O6/c1-3-31-18-12-14(4-10-17(18)32-22(23)24)5-11-19(27)26-16-8-6-15(7-9-16)21(29)25-13-20(28)30-2/h4-12,22H,3,13H2,1-2H3,(H,25,29)(H,26,27)/b11-5+. The minimum absolute atomic E-state index is 0.0980. The lowest BCUT2D eigenvalue weighted by molar-refractivity contribution is -0.139. The number of halogens is 2. The predicted molar refractivity (Wildman–Crippen MR) is 113 cm³/mol. The van der Waals surface area contributed by atoms with Crippen LogP contribution in [0, 0.1) is 0 Å². The molecule has 0 aromatic heterocycles. The molecule has 32 heavy (non-hydrogen) atoms. The second kappa shape index (κ2) is 12.0. The Morgan fingerprint density at radius 1 is 1.06 bits per heavy atom. The maximum Gasteiger partial charge on any atom is 0.387 e. The highest BCUT2D eigenvalue weighted by Crippen LogP contribution is 2.30. The Morgan fingerprint density at radius 3 is 2.41 bits per heavy atom. The number of hydrogen-bond acceptors (Lipinski definition) is 6. The number of carbonyl (C=O) groups is 3. The van der Waals surface area contributed by atoms with Gasteiger partial charge in [-0.05, 0) is 55.0 Å². The molecule has 2 aromatic rings. The number of alkyl halides is 2.